The Morgan fingerprint density at radius 2 is 2.19 bits per heavy atom. The van der Waals surface area contributed by atoms with Crippen LogP contribution < -0.4 is 16.0 Å². The Bertz CT molecular complexity index is 661. The van der Waals surface area contributed by atoms with Crippen molar-refractivity contribution in [3.05, 3.63) is 23.4 Å². The van der Waals surface area contributed by atoms with Crippen LogP contribution in [0.1, 0.15) is 38.4 Å². The number of ether oxygens (including phenoxy) is 1. The summed E-state index contributed by atoms with van der Waals surface area (Å²) in [5.41, 5.74) is 7.74. The molecule has 1 aliphatic heterocycles. The second-order valence-corrected chi connectivity index (χ2v) is 8.35. The minimum absolute atomic E-state index is 0.209. The Labute approximate surface area is 154 Å². The molecule has 0 aromatic carbocycles. The smallest absolute Gasteiger partial charge is 0.407 e. The third-order valence-electron chi connectivity index (χ3n) is 4.95. The first-order chi connectivity index (χ1) is 12.2. The number of hydrogen-bond donors (Lipinski definition) is 2. The highest BCUT2D eigenvalue weighted by Gasteiger charge is 2.35. The lowest BCUT2D eigenvalue weighted by atomic mass is 9.92. The average molecular weight is 364 g/mol. The summed E-state index contributed by atoms with van der Waals surface area (Å²) >= 11 is 0. The molecule has 1 fully saturated rings. The number of rotatable bonds is 3. The SMILES string of the molecule is CC(C)(C)OC(=O)N[C@@H]1CN(c2ccc3c(n2)CC[C@H](N)C3)C[C@@H]1CF. The molecule has 26 heavy (non-hydrogen) atoms. The standard InChI is InChI=1S/C19H29FN4O2/c1-19(2,3)26-18(25)23-16-11-24(10-13(16)9-20)17-7-4-12-8-14(21)5-6-15(12)22-17/h4,7,13-14,16H,5-6,8-11,21H2,1-3H3,(H,23,25)/t13-,14-,16+/m0/s1. The molecule has 0 saturated carbocycles. The quantitative estimate of drug-likeness (QED) is 0.859. The van der Waals surface area contributed by atoms with Crippen molar-refractivity contribution in [2.45, 2.75) is 57.7 Å². The van der Waals surface area contributed by atoms with Crippen molar-refractivity contribution in [2.75, 3.05) is 24.7 Å². The summed E-state index contributed by atoms with van der Waals surface area (Å²) < 4.78 is 18.8. The fourth-order valence-electron chi connectivity index (χ4n) is 3.64. The number of anilines is 1. The number of fused-ring (bicyclic) bond motifs is 1. The maximum absolute atomic E-state index is 13.5. The molecule has 7 heteroatoms. The minimum Gasteiger partial charge on any atom is -0.444 e. The van der Waals surface area contributed by atoms with E-state index < -0.39 is 18.4 Å². The number of aromatic nitrogens is 1. The predicted molar refractivity (Wildman–Crippen MR) is 99.1 cm³/mol. The zero-order valence-electron chi connectivity index (χ0n) is 15.8. The van der Waals surface area contributed by atoms with Crippen LogP contribution in [0.5, 0.6) is 0 Å². The molecule has 0 radical (unpaired) electrons. The Balaban J connectivity index is 1.68. The number of amides is 1. The molecule has 1 aromatic rings. The zero-order chi connectivity index (χ0) is 18.9. The number of halogens is 1. The van der Waals surface area contributed by atoms with Crippen LogP contribution in [0, 0.1) is 5.92 Å². The Hall–Kier alpha value is -1.89. The number of nitrogens with zero attached hydrogens (tertiary/aromatic N) is 2. The molecule has 2 heterocycles. The zero-order valence-corrected chi connectivity index (χ0v) is 15.8. The van der Waals surface area contributed by atoms with E-state index in [0.29, 0.717) is 13.1 Å². The fraction of sp³-hybridized carbons (Fsp3) is 0.684. The van der Waals surface area contributed by atoms with Gasteiger partial charge in [-0.2, -0.15) is 0 Å². The second kappa shape index (κ2) is 7.39. The average Bonchev–Trinajstić information content (AvgIpc) is 2.95. The number of aryl methyl sites for hydroxylation is 1. The van der Waals surface area contributed by atoms with E-state index >= 15 is 0 Å². The summed E-state index contributed by atoms with van der Waals surface area (Å²) in [6.45, 7) is 5.99. The van der Waals surface area contributed by atoms with Gasteiger partial charge in [-0.15, -0.1) is 0 Å². The van der Waals surface area contributed by atoms with Gasteiger partial charge in [0.05, 0.1) is 12.7 Å². The van der Waals surface area contributed by atoms with Gasteiger partial charge in [-0.3, -0.25) is 4.39 Å². The molecule has 0 spiro atoms. The minimum atomic E-state index is -0.575. The molecule has 0 unspecified atom stereocenters. The van der Waals surface area contributed by atoms with Crippen molar-refractivity contribution in [3.63, 3.8) is 0 Å². The molecule has 3 atom stereocenters. The maximum atomic E-state index is 13.5. The van der Waals surface area contributed by atoms with Crippen molar-refractivity contribution in [2.24, 2.45) is 11.7 Å². The van der Waals surface area contributed by atoms with Crippen molar-refractivity contribution in [1.82, 2.24) is 10.3 Å². The molecule has 0 bridgehead atoms. The molecular formula is C19H29FN4O2. The first kappa shape index (κ1) is 18.9. The van der Waals surface area contributed by atoms with E-state index in [1.54, 1.807) is 0 Å². The first-order valence-electron chi connectivity index (χ1n) is 9.30. The van der Waals surface area contributed by atoms with Gasteiger partial charge in [0.25, 0.3) is 0 Å². The van der Waals surface area contributed by atoms with Gasteiger partial charge in [0.15, 0.2) is 0 Å². The molecule has 3 N–H and O–H groups in total. The monoisotopic (exact) mass is 364 g/mol. The lowest BCUT2D eigenvalue weighted by Gasteiger charge is -2.24. The topological polar surface area (TPSA) is 80.5 Å². The van der Waals surface area contributed by atoms with E-state index in [9.17, 15) is 9.18 Å². The number of alkyl halides is 1. The van der Waals surface area contributed by atoms with Crippen LogP contribution >= 0.6 is 0 Å². The van der Waals surface area contributed by atoms with Gasteiger partial charge in [0, 0.05) is 30.7 Å². The second-order valence-electron chi connectivity index (χ2n) is 8.35. The summed E-state index contributed by atoms with van der Waals surface area (Å²) in [7, 11) is 0. The van der Waals surface area contributed by atoms with Gasteiger partial charge >= 0.3 is 6.09 Å². The van der Waals surface area contributed by atoms with Crippen molar-refractivity contribution < 1.29 is 13.9 Å². The van der Waals surface area contributed by atoms with E-state index in [0.717, 1.165) is 30.8 Å². The summed E-state index contributed by atoms with van der Waals surface area (Å²) in [4.78, 5) is 18.9. The molecular weight excluding hydrogens is 335 g/mol. The van der Waals surface area contributed by atoms with Gasteiger partial charge in [0.1, 0.15) is 11.4 Å². The van der Waals surface area contributed by atoms with Crippen LogP contribution in [0.2, 0.25) is 0 Å². The number of nitrogens with two attached hydrogens (primary N) is 1. The molecule has 144 valence electrons. The molecule has 3 rings (SSSR count). The molecule has 1 saturated heterocycles. The summed E-state index contributed by atoms with van der Waals surface area (Å²) in [6, 6.07) is 3.97. The Kier molecular flexibility index (Phi) is 5.37. The third kappa shape index (κ3) is 4.44. The van der Waals surface area contributed by atoms with E-state index in [1.165, 1.54) is 5.56 Å². The number of carbonyl (C=O) groups is 1. The number of nitrogens with one attached hydrogen (secondary N) is 1. The van der Waals surface area contributed by atoms with Crippen molar-refractivity contribution in [1.29, 1.82) is 0 Å². The Morgan fingerprint density at radius 1 is 1.42 bits per heavy atom. The van der Waals surface area contributed by atoms with Crippen LogP contribution in [0.4, 0.5) is 15.0 Å². The van der Waals surface area contributed by atoms with Crippen LogP contribution in [-0.2, 0) is 17.6 Å². The highest BCUT2D eigenvalue weighted by molar-refractivity contribution is 5.68. The van der Waals surface area contributed by atoms with Crippen LogP contribution in [-0.4, -0.2) is 48.5 Å². The normalized spacial score (nSPS) is 25.7. The summed E-state index contributed by atoms with van der Waals surface area (Å²) in [5.74, 6) is 0.569. The summed E-state index contributed by atoms with van der Waals surface area (Å²) in [6.07, 6.45) is 2.18. The van der Waals surface area contributed by atoms with Crippen LogP contribution in [0.25, 0.3) is 0 Å². The lowest BCUT2D eigenvalue weighted by molar-refractivity contribution is 0.0494. The van der Waals surface area contributed by atoms with E-state index in [2.05, 4.69) is 11.4 Å². The fourth-order valence-corrected chi connectivity index (χ4v) is 3.64. The Morgan fingerprint density at radius 3 is 2.88 bits per heavy atom. The first-order valence-corrected chi connectivity index (χ1v) is 9.30. The van der Waals surface area contributed by atoms with Gasteiger partial charge < -0.3 is 20.7 Å². The largest absolute Gasteiger partial charge is 0.444 e. The number of hydrogen-bond acceptors (Lipinski definition) is 5. The van der Waals surface area contributed by atoms with Crippen molar-refractivity contribution in [3.8, 4) is 0 Å². The lowest BCUT2D eigenvalue weighted by Crippen LogP contribution is -2.43. The molecule has 1 amide bonds. The van der Waals surface area contributed by atoms with E-state index in [-0.39, 0.29) is 18.0 Å². The van der Waals surface area contributed by atoms with Gasteiger partial charge in [-0.1, -0.05) is 6.07 Å². The summed E-state index contributed by atoms with van der Waals surface area (Å²) in [5, 5.41) is 2.82. The van der Waals surface area contributed by atoms with Gasteiger partial charge in [0.2, 0.25) is 0 Å². The van der Waals surface area contributed by atoms with Gasteiger partial charge in [-0.05, 0) is 51.7 Å². The molecule has 2 aliphatic rings. The van der Waals surface area contributed by atoms with E-state index in [4.69, 9.17) is 15.5 Å². The predicted octanol–water partition coefficient (Wildman–Crippen LogP) is 2.20. The third-order valence-corrected chi connectivity index (χ3v) is 4.95. The maximum Gasteiger partial charge on any atom is 0.407 e. The molecule has 1 aliphatic carbocycles. The highest BCUT2D eigenvalue weighted by atomic mass is 19.1. The molecule has 1 aromatic heterocycles. The molecule has 6 nitrogen and oxygen atoms in total. The van der Waals surface area contributed by atoms with Crippen molar-refractivity contribution >= 4 is 11.9 Å². The van der Waals surface area contributed by atoms with Gasteiger partial charge in [-0.25, -0.2) is 9.78 Å². The van der Waals surface area contributed by atoms with Crippen LogP contribution in [0.3, 0.4) is 0 Å². The van der Waals surface area contributed by atoms with Crippen LogP contribution in [0.15, 0.2) is 12.1 Å². The van der Waals surface area contributed by atoms with E-state index in [1.807, 2.05) is 31.7 Å². The number of alkyl carbamates (subject to hydrolysis) is 1. The highest BCUT2D eigenvalue weighted by Crippen LogP contribution is 2.27. The number of pyridine rings is 1. The number of carbonyl (C=O) groups excluding carboxylic acids is 1.